The Morgan fingerprint density at radius 1 is 0.778 bits per heavy atom. The molecule has 0 saturated heterocycles. The molecule has 0 aliphatic rings. The molecular formula is C22H26O5. The van der Waals surface area contributed by atoms with E-state index in [9.17, 15) is 10.2 Å². The molecule has 0 aromatic heterocycles. The highest BCUT2D eigenvalue weighted by molar-refractivity contribution is 5.55. The molecule has 0 fully saturated rings. The molecule has 2 unspecified atom stereocenters. The van der Waals surface area contributed by atoms with E-state index in [-0.39, 0.29) is 26.1 Å². The van der Waals surface area contributed by atoms with Crippen LogP contribution in [0.4, 0.5) is 0 Å². The van der Waals surface area contributed by atoms with Crippen LogP contribution in [0.2, 0.25) is 0 Å². The van der Waals surface area contributed by atoms with Crippen LogP contribution in [0.3, 0.4) is 0 Å². The summed E-state index contributed by atoms with van der Waals surface area (Å²) in [6.07, 6.45) is 2.05. The first kappa shape index (κ1) is 20.9. The summed E-state index contributed by atoms with van der Waals surface area (Å²) < 4.78 is 6.08. The molecule has 0 aliphatic heterocycles. The van der Waals surface area contributed by atoms with E-state index in [4.69, 9.17) is 14.9 Å². The van der Waals surface area contributed by atoms with E-state index in [1.165, 1.54) is 0 Å². The Hall–Kier alpha value is -2.44. The average molecular weight is 370 g/mol. The first-order chi connectivity index (χ1) is 13.0. The lowest BCUT2D eigenvalue weighted by Gasteiger charge is -2.18. The van der Waals surface area contributed by atoms with Gasteiger partial charge in [-0.1, -0.05) is 37.4 Å². The number of hydrogen-bond donors (Lipinski definition) is 4. The molecule has 2 aromatic rings. The molecule has 27 heavy (non-hydrogen) atoms. The fourth-order valence-corrected chi connectivity index (χ4v) is 2.73. The molecule has 5 heteroatoms. The van der Waals surface area contributed by atoms with Gasteiger partial charge in [-0.05, 0) is 46.5 Å². The van der Waals surface area contributed by atoms with Crippen LogP contribution in [-0.2, 0) is 12.8 Å². The lowest BCUT2D eigenvalue weighted by Crippen LogP contribution is -2.16. The second kappa shape index (κ2) is 10.0. The van der Waals surface area contributed by atoms with E-state index in [0.29, 0.717) is 11.5 Å². The Morgan fingerprint density at radius 3 is 1.52 bits per heavy atom. The summed E-state index contributed by atoms with van der Waals surface area (Å²) in [5.41, 5.74) is 3.21. The first-order valence-corrected chi connectivity index (χ1v) is 8.77. The summed E-state index contributed by atoms with van der Waals surface area (Å²) >= 11 is 0. The Balaban J connectivity index is 2.40. The lowest BCUT2D eigenvalue weighted by molar-refractivity contribution is 0.0945. The normalized spacial score (nSPS) is 13.0. The first-order valence-electron chi connectivity index (χ1n) is 8.77. The molecule has 2 atom stereocenters. The van der Waals surface area contributed by atoms with Crippen molar-refractivity contribution in [1.29, 1.82) is 0 Å². The highest BCUT2D eigenvalue weighted by Gasteiger charge is 2.15. The summed E-state index contributed by atoms with van der Waals surface area (Å²) in [6.45, 7) is 6.80. The smallest absolute Gasteiger partial charge is 0.130 e. The number of rotatable bonds is 10. The summed E-state index contributed by atoms with van der Waals surface area (Å²) in [7, 11) is 0. The van der Waals surface area contributed by atoms with Gasteiger partial charge < -0.3 is 25.2 Å². The van der Waals surface area contributed by atoms with Crippen LogP contribution >= 0.6 is 0 Å². The van der Waals surface area contributed by atoms with Crippen LogP contribution in [0.5, 0.6) is 11.5 Å². The van der Waals surface area contributed by atoms with Gasteiger partial charge in [-0.3, -0.25) is 0 Å². The largest absolute Gasteiger partial charge is 0.457 e. The maximum absolute atomic E-state index is 9.84. The van der Waals surface area contributed by atoms with Crippen LogP contribution in [-0.4, -0.2) is 45.8 Å². The topological polar surface area (TPSA) is 90.2 Å². The van der Waals surface area contributed by atoms with E-state index < -0.39 is 12.2 Å². The van der Waals surface area contributed by atoms with Crippen LogP contribution < -0.4 is 4.74 Å². The zero-order valence-electron chi connectivity index (χ0n) is 15.2. The second-order valence-corrected chi connectivity index (χ2v) is 6.33. The van der Waals surface area contributed by atoms with E-state index in [1.54, 1.807) is 24.3 Å². The molecule has 4 N–H and O–H groups in total. The third-order valence-electron chi connectivity index (χ3n) is 4.19. The van der Waals surface area contributed by atoms with Crippen molar-refractivity contribution in [3.63, 3.8) is 0 Å². The highest BCUT2D eigenvalue weighted by atomic mass is 16.5. The van der Waals surface area contributed by atoms with E-state index >= 15 is 0 Å². The number of hydrogen-bond acceptors (Lipinski definition) is 5. The van der Waals surface area contributed by atoms with Gasteiger partial charge in [0, 0.05) is 12.8 Å². The fourth-order valence-electron chi connectivity index (χ4n) is 2.73. The van der Waals surface area contributed by atoms with Crippen LogP contribution in [0.1, 0.15) is 22.3 Å². The van der Waals surface area contributed by atoms with Gasteiger partial charge in [-0.15, -0.1) is 0 Å². The molecule has 2 rings (SSSR count). The van der Waals surface area contributed by atoms with E-state index in [0.717, 1.165) is 22.3 Å². The highest BCUT2D eigenvalue weighted by Crippen LogP contribution is 2.31. The zero-order chi connectivity index (χ0) is 19.8. The minimum absolute atomic E-state index is 0.229. The number of ether oxygens (including phenoxy) is 1. The third-order valence-corrected chi connectivity index (χ3v) is 4.19. The maximum atomic E-state index is 9.84. The van der Waals surface area contributed by atoms with Crippen molar-refractivity contribution >= 4 is 12.2 Å². The molecule has 0 aliphatic carbocycles. The summed E-state index contributed by atoms with van der Waals surface area (Å²) in [5.74, 6) is 1.08. The van der Waals surface area contributed by atoms with Crippen molar-refractivity contribution in [3.05, 3.63) is 71.8 Å². The Kier molecular flexibility index (Phi) is 7.76. The van der Waals surface area contributed by atoms with E-state index in [1.807, 2.05) is 24.3 Å². The van der Waals surface area contributed by atoms with Crippen molar-refractivity contribution in [2.24, 2.45) is 0 Å². The van der Waals surface area contributed by atoms with Crippen LogP contribution in [0.15, 0.2) is 49.6 Å². The third kappa shape index (κ3) is 5.77. The van der Waals surface area contributed by atoms with Gasteiger partial charge in [-0.25, -0.2) is 0 Å². The van der Waals surface area contributed by atoms with Crippen molar-refractivity contribution in [3.8, 4) is 11.5 Å². The summed E-state index contributed by atoms with van der Waals surface area (Å²) in [4.78, 5) is 0. The second-order valence-electron chi connectivity index (χ2n) is 6.33. The predicted octanol–water partition coefficient (Wildman–Crippen LogP) is 2.56. The minimum atomic E-state index is -0.897. The molecule has 144 valence electrons. The standard InChI is InChI=1S/C22H26O5/c1-3-15-5-7-21(17(9-15)11-19(25)13-23)27-22-8-6-16(4-2)10-18(22)12-20(26)14-24/h3-10,19-20,23-26H,1-2,11-14H2. The predicted molar refractivity (Wildman–Crippen MR) is 107 cm³/mol. The minimum Gasteiger partial charge on any atom is -0.457 e. The van der Waals surface area contributed by atoms with Gasteiger partial charge in [0.1, 0.15) is 11.5 Å². The van der Waals surface area contributed by atoms with Gasteiger partial charge in [0.15, 0.2) is 0 Å². The Morgan fingerprint density at radius 2 is 1.19 bits per heavy atom. The molecule has 2 aromatic carbocycles. The average Bonchev–Trinajstić information content (AvgIpc) is 2.69. The Bertz CT molecular complexity index is 719. The van der Waals surface area contributed by atoms with Crippen molar-refractivity contribution in [1.82, 2.24) is 0 Å². The summed E-state index contributed by atoms with van der Waals surface area (Å²) in [5, 5.41) is 38.0. The number of aliphatic hydroxyl groups is 4. The maximum Gasteiger partial charge on any atom is 0.130 e. The fraction of sp³-hybridized carbons (Fsp3) is 0.273. The molecule has 5 nitrogen and oxygen atoms in total. The Labute approximate surface area is 159 Å². The van der Waals surface area contributed by atoms with Gasteiger partial charge in [0.2, 0.25) is 0 Å². The lowest BCUT2D eigenvalue weighted by atomic mass is 10.0. The monoisotopic (exact) mass is 370 g/mol. The van der Waals surface area contributed by atoms with Crippen LogP contribution in [0, 0.1) is 0 Å². The molecule has 0 radical (unpaired) electrons. The number of aliphatic hydroxyl groups excluding tert-OH is 4. The van der Waals surface area contributed by atoms with Crippen molar-refractivity contribution < 1.29 is 25.2 Å². The molecular weight excluding hydrogens is 344 g/mol. The molecule has 0 spiro atoms. The molecule has 0 heterocycles. The van der Waals surface area contributed by atoms with Crippen molar-refractivity contribution in [2.75, 3.05) is 13.2 Å². The number of benzene rings is 2. The zero-order valence-corrected chi connectivity index (χ0v) is 15.2. The molecule has 0 amide bonds. The van der Waals surface area contributed by atoms with Crippen LogP contribution in [0.25, 0.3) is 12.2 Å². The van der Waals surface area contributed by atoms with Gasteiger partial charge in [0.25, 0.3) is 0 Å². The SMILES string of the molecule is C=Cc1ccc(Oc2ccc(C=C)cc2CC(O)CO)c(CC(O)CO)c1. The van der Waals surface area contributed by atoms with E-state index in [2.05, 4.69) is 13.2 Å². The molecule has 0 bridgehead atoms. The van der Waals surface area contributed by atoms with Crippen molar-refractivity contribution in [2.45, 2.75) is 25.0 Å². The van der Waals surface area contributed by atoms with Gasteiger partial charge in [0.05, 0.1) is 25.4 Å². The van der Waals surface area contributed by atoms with Gasteiger partial charge in [-0.2, -0.15) is 0 Å². The quantitative estimate of drug-likeness (QED) is 0.516. The summed E-state index contributed by atoms with van der Waals surface area (Å²) in [6, 6.07) is 11.0. The molecule has 0 saturated carbocycles. The van der Waals surface area contributed by atoms with Gasteiger partial charge >= 0.3 is 0 Å².